The maximum Gasteiger partial charge on any atom is 0.224 e. The number of nitrogens with one attached hydrogen (secondary N) is 2. The molecule has 1 amide bonds. The van der Waals surface area contributed by atoms with E-state index in [4.69, 9.17) is 15.5 Å². The standard InChI is InChI=1S/C21H26N6O2/c1-4-15(29-3)12-23-20-19-17(26-21(22)27-20)11-10-16(25-19)13-6-8-14(9-7-13)24-18(28)5-2/h6-11,15H,4-5,12H2,1-3H3,(H,24,28)(H3,22,23,26,27). The van der Waals surface area contributed by atoms with Gasteiger partial charge < -0.3 is 21.1 Å². The minimum atomic E-state index is -0.0199. The van der Waals surface area contributed by atoms with Crippen molar-refractivity contribution in [1.82, 2.24) is 15.0 Å². The van der Waals surface area contributed by atoms with Crippen molar-refractivity contribution in [2.24, 2.45) is 0 Å². The molecule has 0 aliphatic rings. The first-order chi connectivity index (χ1) is 14.0. The average molecular weight is 394 g/mol. The molecule has 0 aliphatic carbocycles. The highest BCUT2D eigenvalue weighted by Crippen LogP contribution is 2.25. The minimum absolute atomic E-state index is 0.0199. The number of carbonyl (C=O) groups excluding carboxylic acids is 1. The van der Waals surface area contributed by atoms with Gasteiger partial charge in [0.15, 0.2) is 5.82 Å². The first kappa shape index (κ1) is 20.5. The number of carbonyl (C=O) groups is 1. The summed E-state index contributed by atoms with van der Waals surface area (Å²) in [6.07, 6.45) is 1.38. The second-order valence-corrected chi connectivity index (χ2v) is 6.62. The SMILES string of the molecule is CCC(=O)Nc1ccc(-c2ccc3nc(N)nc(NCC(CC)OC)c3n2)cc1. The molecule has 0 bridgehead atoms. The second kappa shape index (κ2) is 9.29. The van der Waals surface area contributed by atoms with Crippen molar-refractivity contribution >= 4 is 34.4 Å². The van der Waals surface area contributed by atoms with Gasteiger partial charge in [-0.25, -0.2) is 9.97 Å². The summed E-state index contributed by atoms with van der Waals surface area (Å²) >= 11 is 0. The molecule has 152 valence electrons. The van der Waals surface area contributed by atoms with Gasteiger partial charge in [-0.3, -0.25) is 4.79 Å². The Morgan fingerprint density at radius 1 is 1.10 bits per heavy atom. The summed E-state index contributed by atoms with van der Waals surface area (Å²) < 4.78 is 5.42. The van der Waals surface area contributed by atoms with Gasteiger partial charge >= 0.3 is 0 Å². The number of fused-ring (bicyclic) bond motifs is 1. The van der Waals surface area contributed by atoms with E-state index >= 15 is 0 Å². The van der Waals surface area contributed by atoms with E-state index in [1.165, 1.54) is 0 Å². The van der Waals surface area contributed by atoms with Crippen LogP contribution in [0.3, 0.4) is 0 Å². The number of nitrogens with two attached hydrogens (primary N) is 1. The number of aromatic nitrogens is 3. The number of rotatable bonds is 8. The van der Waals surface area contributed by atoms with Crippen molar-refractivity contribution in [3.05, 3.63) is 36.4 Å². The molecule has 0 saturated carbocycles. The van der Waals surface area contributed by atoms with Crippen molar-refractivity contribution in [2.45, 2.75) is 32.8 Å². The maximum atomic E-state index is 11.5. The van der Waals surface area contributed by atoms with E-state index in [-0.39, 0.29) is 18.0 Å². The molecule has 0 aliphatic heterocycles. The van der Waals surface area contributed by atoms with Crippen molar-refractivity contribution < 1.29 is 9.53 Å². The summed E-state index contributed by atoms with van der Waals surface area (Å²) in [5.74, 6) is 0.751. The number of pyridine rings is 1. The maximum absolute atomic E-state index is 11.5. The smallest absolute Gasteiger partial charge is 0.224 e. The fourth-order valence-electron chi connectivity index (χ4n) is 2.89. The molecule has 1 atom stereocenters. The van der Waals surface area contributed by atoms with E-state index in [2.05, 4.69) is 27.5 Å². The first-order valence-electron chi connectivity index (χ1n) is 9.65. The fourth-order valence-corrected chi connectivity index (χ4v) is 2.89. The quantitative estimate of drug-likeness (QED) is 0.536. The van der Waals surface area contributed by atoms with Crippen LogP contribution in [0.4, 0.5) is 17.5 Å². The number of anilines is 3. The zero-order valence-corrected chi connectivity index (χ0v) is 16.9. The van der Waals surface area contributed by atoms with Crippen LogP contribution in [0, 0.1) is 0 Å². The van der Waals surface area contributed by atoms with Gasteiger partial charge in [0.2, 0.25) is 11.9 Å². The largest absolute Gasteiger partial charge is 0.380 e. The van der Waals surface area contributed by atoms with Crippen molar-refractivity contribution in [1.29, 1.82) is 0 Å². The van der Waals surface area contributed by atoms with Gasteiger partial charge in [-0.2, -0.15) is 4.98 Å². The Morgan fingerprint density at radius 3 is 2.52 bits per heavy atom. The lowest BCUT2D eigenvalue weighted by atomic mass is 10.1. The fraction of sp³-hybridized carbons (Fsp3) is 0.333. The number of amides is 1. The van der Waals surface area contributed by atoms with Crippen LogP contribution in [-0.4, -0.2) is 40.6 Å². The van der Waals surface area contributed by atoms with Crippen molar-refractivity contribution in [2.75, 3.05) is 30.0 Å². The summed E-state index contributed by atoms with van der Waals surface area (Å²) in [6.45, 7) is 4.47. The Balaban J connectivity index is 1.91. The number of hydrogen-bond donors (Lipinski definition) is 3. The molecule has 1 aromatic carbocycles. The van der Waals surface area contributed by atoms with Gasteiger partial charge in [0.25, 0.3) is 0 Å². The van der Waals surface area contributed by atoms with Gasteiger partial charge in [-0.1, -0.05) is 26.0 Å². The minimum Gasteiger partial charge on any atom is -0.380 e. The van der Waals surface area contributed by atoms with E-state index in [9.17, 15) is 4.79 Å². The van der Waals surface area contributed by atoms with E-state index in [1.807, 2.05) is 43.3 Å². The monoisotopic (exact) mass is 394 g/mol. The van der Waals surface area contributed by atoms with Crippen LogP contribution in [0.5, 0.6) is 0 Å². The van der Waals surface area contributed by atoms with E-state index in [0.29, 0.717) is 29.8 Å². The van der Waals surface area contributed by atoms with Crippen molar-refractivity contribution in [3.8, 4) is 11.3 Å². The van der Waals surface area contributed by atoms with Gasteiger partial charge in [0.05, 0.1) is 17.3 Å². The third-order valence-corrected chi connectivity index (χ3v) is 4.63. The lowest BCUT2D eigenvalue weighted by Crippen LogP contribution is -2.22. The molecule has 8 nitrogen and oxygen atoms in total. The molecular weight excluding hydrogens is 368 g/mol. The number of ether oxygens (including phenoxy) is 1. The predicted molar refractivity (Wildman–Crippen MR) is 116 cm³/mol. The van der Waals surface area contributed by atoms with Crippen molar-refractivity contribution in [3.63, 3.8) is 0 Å². The summed E-state index contributed by atoms with van der Waals surface area (Å²) in [4.78, 5) is 24.9. The third kappa shape index (κ3) is 4.97. The highest BCUT2D eigenvalue weighted by molar-refractivity contribution is 5.91. The zero-order chi connectivity index (χ0) is 20.8. The Bertz CT molecular complexity index is 986. The lowest BCUT2D eigenvalue weighted by molar-refractivity contribution is -0.115. The van der Waals surface area contributed by atoms with Crippen LogP contribution >= 0.6 is 0 Å². The number of benzene rings is 1. The van der Waals surface area contributed by atoms with Crippen LogP contribution in [-0.2, 0) is 9.53 Å². The topological polar surface area (TPSA) is 115 Å². The number of hydrogen-bond acceptors (Lipinski definition) is 7. The Kier molecular flexibility index (Phi) is 6.56. The Labute approximate surface area is 169 Å². The normalized spacial score (nSPS) is 12.0. The summed E-state index contributed by atoms with van der Waals surface area (Å²) in [5.41, 5.74) is 9.63. The molecule has 3 aromatic rings. The molecule has 2 aromatic heterocycles. The van der Waals surface area contributed by atoms with Crippen LogP contribution in [0.1, 0.15) is 26.7 Å². The van der Waals surface area contributed by atoms with E-state index < -0.39 is 0 Å². The molecule has 0 spiro atoms. The van der Waals surface area contributed by atoms with Crippen LogP contribution < -0.4 is 16.4 Å². The Morgan fingerprint density at radius 2 is 1.86 bits per heavy atom. The number of methoxy groups -OCH3 is 1. The summed E-state index contributed by atoms with van der Waals surface area (Å²) in [5, 5.41) is 6.12. The van der Waals surface area contributed by atoms with Crippen LogP contribution in [0.2, 0.25) is 0 Å². The molecule has 1 unspecified atom stereocenters. The molecule has 0 saturated heterocycles. The van der Waals surface area contributed by atoms with Gasteiger partial charge in [-0.15, -0.1) is 0 Å². The van der Waals surface area contributed by atoms with Crippen LogP contribution in [0.25, 0.3) is 22.3 Å². The number of nitrogens with zero attached hydrogens (tertiary/aromatic N) is 3. The average Bonchev–Trinajstić information content (AvgIpc) is 2.74. The molecule has 3 rings (SSSR count). The summed E-state index contributed by atoms with van der Waals surface area (Å²) in [6, 6.07) is 11.3. The molecule has 2 heterocycles. The molecule has 8 heteroatoms. The lowest BCUT2D eigenvalue weighted by Gasteiger charge is -2.15. The summed E-state index contributed by atoms with van der Waals surface area (Å²) in [7, 11) is 1.69. The molecule has 4 N–H and O–H groups in total. The molecule has 0 fully saturated rings. The molecule has 29 heavy (non-hydrogen) atoms. The highest BCUT2D eigenvalue weighted by Gasteiger charge is 2.12. The predicted octanol–water partition coefficient (Wildman–Crippen LogP) is 3.46. The second-order valence-electron chi connectivity index (χ2n) is 6.62. The van der Waals surface area contributed by atoms with E-state index in [0.717, 1.165) is 23.4 Å². The van der Waals surface area contributed by atoms with Crippen LogP contribution in [0.15, 0.2) is 36.4 Å². The first-order valence-corrected chi connectivity index (χ1v) is 9.65. The number of nitrogen functional groups attached to an aromatic ring is 1. The van der Waals surface area contributed by atoms with Gasteiger partial charge in [0, 0.05) is 31.3 Å². The highest BCUT2D eigenvalue weighted by atomic mass is 16.5. The zero-order valence-electron chi connectivity index (χ0n) is 16.9. The molecule has 0 radical (unpaired) electrons. The third-order valence-electron chi connectivity index (χ3n) is 4.63. The molecular formula is C21H26N6O2. The van der Waals surface area contributed by atoms with E-state index in [1.54, 1.807) is 7.11 Å². The van der Waals surface area contributed by atoms with Gasteiger partial charge in [-0.05, 0) is 30.7 Å². The Hall–Kier alpha value is -3.26. The van der Waals surface area contributed by atoms with Gasteiger partial charge in [0.1, 0.15) is 5.52 Å².